The predicted molar refractivity (Wildman–Crippen MR) is 86.7 cm³/mol. The Hall–Kier alpha value is -2.81. The van der Waals surface area contributed by atoms with E-state index in [1.165, 1.54) is 12.1 Å². The van der Waals surface area contributed by atoms with Crippen molar-refractivity contribution >= 4 is 5.69 Å². The van der Waals surface area contributed by atoms with Crippen molar-refractivity contribution in [1.29, 1.82) is 0 Å². The minimum Gasteiger partial charge on any atom is -0.457 e. The largest absolute Gasteiger partial charge is 0.457 e. The topological polar surface area (TPSA) is 21.3 Å². The van der Waals surface area contributed by atoms with Gasteiger partial charge in [-0.05, 0) is 42.0 Å². The van der Waals surface area contributed by atoms with Gasteiger partial charge < -0.3 is 10.1 Å². The number of ether oxygens (including phenoxy) is 1. The van der Waals surface area contributed by atoms with Crippen LogP contribution < -0.4 is 10.1 Å². The van der Waals surface area contributed by atoms with Crippen LogP contribution in [0.5, 0.6) is 11.5 Å². The molecule has 0 amide bonds. The Balaban J connectivity index is 1.65. The van der Waals surface area contributed by atoms with Crippen molar-refractivity contribution < 1.29 is 9.13 Å². The Morgan fingerprint density at radius 3 is 2.27 bits per heavy atom. The van der Waals surface area contributed by atoms with Crippen LogP contribution in [0.15, 0.2) is 78.9 Å². The van der Waals surface area contributed by atoms with Gasteiger partial charge in [-0.2, -0.15) is 0 Å². The van der Waals surface area contributed by atoms with E-state index in [0.29, 0.717) is 6.54 Å². The van der Waals surface area contributed by atoms with Crippen molar-refractivity contribution in [2.45, 2.75) is 6.54 Å². The second kappa shape index (κ2) is 6.76. The van der Waals surface area contributed by atoms with Crippen LogP contribution in [-0.4, -0.2) is 0 Å². The van der Waals surface area contributed by atoms with Crippen molar-refractivity contribution in [3.8, 4) is 11.5 Å². The van der Waals surface area contributed by atoms with Crippen LogP contribution in [0.3, 0.4) is 0 Å². The highest BCUT2D eigenvalue weighted by Gasteiger charge is 1.99. The molecule has 0 aromatic heterocycles. The Bertz CT molecular complexity index is 726. The van der Waals surface area contributed by atoms with Crippen LogP contribution in [0, 0.1) is 5.82 Å². The highest BCUT2D eigenvalue weighted by molar-refractivity contribution is 5.49. The minimum atomic E-state index is -0.220. The van der Waals surface area contributed by atoms with Gasteiger partial charge in [0.2, 0.25) is 0 Å². The van der Waals surface area contributed by atoms with Gasteiger partial charge in [-0.15, -0.1) is 0 Å². The number of benzene rings is 3. The van der Waals surface area contributed by atoms with E-state index in [-0.39, 0.29) is 5.82 Å². The number of anilines is 1. The molecule has 0 heterocycles. The maximum Gasteiger partial charge on any atom is 0.129 e. The van der Waals surface area contributed by atoms with E-state index in [9.17, 15) is 4.39 Å². The predicted octanol–water partition coefficient (Wildman–Crippen LogP) is 5.23. The average Bonchev–Trinajstić information content (AvgIpc) is 2.56. The number of para-hydroxylation sites is 1. The van der Waals surface area contributed by atoms with Crippen LogP contribution in [0.2, 0.25) is 0 Å². The van der Waals surface area contributed by atoms with Crippen LogP contribution in [0.25, 0.3) is 0 Å². The molecule has 0 unspecified atom stereocenters. The zero-order valence-corrected chi connectivity index (χ0v) is 12.0. The van der Waals surface area contributed by atoms with Crippen LogP contribution in [0.1, 0.15) is 5.56 Å². The summed E-state index contributed by atoms with van der Waals surface area (Å²) in [6.45, 7) is 0.634. The molecule has 0 aliphatic heterocycles. The number of halogens is 1. The first kappa shape index (κ1) is 14.1. The number of rotatable bonds is 5. The molecule has 0 saturated carbocycles. The maximum absolute atomic E-state index is 12.9. The molecule has 0 spiro atoms. The summed E-state index contributed by atoms with van der Waals surface area (Å²) in [6.07, 6.45) is 0. The van der Waals surface area contributed by atoms with Gasteiger partial charge >= 0.3 is 0 Å². The number of nitrogens with one attached hydrogen (secondary N) is 1. The SMILES string of the molecule is Fc1ccc(CNc2cccc(Oc3ccccc3)c2)cc1. The minimum absolute atomic E-state index is 0.220. The van der Waals surface area contributed by atoms with Gasteiger partial charge in [0.15, 0.2) is 0 Å². The lowest BCUT2D eigenvalue weighted by molar-refractivity contribution is 0.483. The normalized spacial score (nSPS) is 10.2. The Morgan fingerprint density at radius 2 is 1.50 bits per heavy atom. The third kappa shape index (κ3) is 3.85. The molecule has 0 fully saturated rings. The molecule has 22 heavy (non-hydrogen) atoms. The van der Waals surface area contributed by atoms with E-state index in [4.69, 9.17) is 4.74 Å². The third-order valence-electron chi connectivity index (χ3n) is 3.22. The fourth-order valence-electron chi connectivity index (χ4n) is 2.10. The monoisotopic (exact) mass is 293 g/mol. The molecule has 0 saturated heterocycles. The summed E-state index contributed by atoms with van der Waals surface area (Å²) >= 11 is 0. The summed E-state index contributed by atoms with van der Waals surface area (Å²) in [5.41, 5.74) is 1.98. The summed E-state index contributed by atoms with van der Waals surface area (Å²) in [4.78, 5) is 0. The molecule has 3 rings (SSSR count). The Kier molecular flexibility index (Phi) is 4.35. The van der Waals surface area contributed by atoms with Crippen molar-refractivity contribution in [1.82, 2.24) is 0 Å². The first-order chi connectivity index (χ1) is 10.8. The van der Waals surface area contributed by atoms with Gasteiger partial charge in [0.1, 0.15) is 17.3 Å². The molecule has 0 aliphatic rings. The van der Waals surface area contributed by atoms with E-state index in [1.54, 1.807) is 12.1 Å². The van der Waals surface area contributed by atoms with E-state index in [0.717, 1.165) is 22.7 Å². The Labute approximate surface area is 129 Å². The fraction of sp³-hybridized carbons (Fsp3) is 0.0526. The molecule has 0 radical (unpaired) electrons. The smallest absolute Gasteiger partial charge is 0.129 e. The van der Waals surface area contributed by atoms with E-state index in [2.05, 4.69) is 5.32 Å². The van der Waals surface area contributed by atoms with Gasteiger partial charge in [0.25, 0.3) is 0 Å². The van der Waals surface area contributed by atoms with Crippen LogP contribution >= 0.6 is 0 Å². The molecule has 2 nitrogen and oxygen atoms in total. The van der Waals surface area contributed by atoms with Crippen molar-refractivity contribution in [2.24, 2.45) is 0 Å². The molecule has 3 aromatic carbocycles. The molecule has 1 N–H and O–H groups in total. The molecular formula is C19H16FNO. The number of hydrogen-bond donors (Lipinski definition) is 1. The Morgan fingerprint density at radius 1 is 0.773 bits per heavy atom. The lowest BCUT2D eigenvalue weighted by atomic mass is 10.2. The molecule has 3 aromatic rings. The molecule has 0 atom stereocenters. The van der Waals surface area contributed by atoms with Crippen molar-refractivity contribution in [2.75, 3.05) is 5.32 Å². The molecule has 110 valence electrons. The summed E-state index contributed by atoms with van der Waals surface area (Å²) in [5, 5.41) is 3.30. The highest BCUT2D eigenvalue weighted by atomic mass is 19.1. The van der Waals surface area contributed by atoms with Gasteiger partial charge in [-0.1, -0.05) is 36.4 Å². The lowest BCUT2D eigenvalue weighted by Crippen LogP contribution is -1.99. The molecule has 0 aliphatic carbocycles. The quantitative estimate of drug-likeness (QED) is 0.695. The fourth-order valence-corrected chi connectivity index (χ4v) is 2.10. The first-order valence-electron chi connectivity index (χ1n) is 7.11. The van der Waals surface area contributed by atoms with Crippen LogP contribution in [-0.2, 0) is 6.54 Å². The zero-order valence-electron chi connectivity index (χ0n) is 12.0. The lowest BCUT2D eigenvalue weighted by Gasteiger charge is -2.10. The standard InChI is InChI=1S/C19H16FNO/c20-16-11-9-15(10-12-16)14-21-17-5-4-8-19(13-17)22-18-6-2-1-3-7-18/h1-13,21H,14H2. The highest BCUT2D eigenvalue weighted by Crippen LogP contribution is 2.24. The maximum atomic E-state index is 12.9. The second-order valence-corrected chi connectivity index (χ2v) is 4.92. The summed E-state index contributed by atoms with van der Waals surface area (Å²) in [5.74, 6) is 1.36. The van der Waals surface area contributed by atoms with Crippen LogP contribution in [0.4, 0.5) is 10.1 Å². The van der Waals surface area contributed by atoms with E-state index >= 15 is 0 Å². The van der Waals surface area contributed by atoms with Crippen molar-refractivity contribution in [3.63, 3.8) is 0 Å². The molecule has 0 bridgehead atoms. The number of hydrogen-bond acceptors (Lipinski definition) is 2. The summed E-state index contributed by atoms with van der Waals surface area (Å²) in [7, 11) is 0. The second-order valence-electron chi connectivity index (χ2n) is 4.92. The first-order valence-corrected chi connectivity index (χ1v) is 7.11. The molecular weight excluding hydrogens is 277 g/mol. The van der Waals surface area contributed by atoms with Gasteiger partial charge in [0, 0.05) is 18.3 Å². The van der Waals surface area contributed by atoms with Gasteiger partial charge in [-0.3, -0.25) is 0 Å². The molecule has 3 heteroatoms. The third-order valence-corrected chi connectivity index (χ3v) is 3.22. The van der Waals surface area contributed by atoms with E-state index in [1.807, 2.05) is 54.6 Å². The van der Waals surface area contributed by atoms with Crippen molar-refractivity contribution in [3.05, 3.63) is 90.2 Å². The summed E-state index contributed by atoms with van der Waals surface area (Å²) < 4.78 is 18.7. The average molecular weight is 293 g/mol. The zero-order chi connectivity index (χ0) is 15.2. The van der Waals surface area contributed by atoms with Gasteiger partial charge in [-0.25, -0.2) is 4.39 Å². The van der Waals surface area contributed by atoms with E-state index < -0.39 is 0 Å². The summed E-state index contributed by atoms with van der Waals surface area (Å²) in [6, 6.07) is 23.9. The van der Waals surface area contributed by atoms with Gasteiger partial charge in [0.05, 0.1) is 0 Å².